The molecule has 0 bridgehead atoms. The van der Waals surface area contributed by atoms with E-state index in [1.165, 1.54) is 9.70 Å². The summed E-state index contributed by atoms with van der Waals surface area (Å²) in [6, 6.07) is 13.0. The lowest BCUT2D eigenvalue weighted by Gasteiger charge is -2.23. The number of tetrazole rings is 1. The average Bonchev–Trinajstić information content (AvgIpc) is 3.55. The Balaban J connectivity index is 1.50. The lowest BCUT2D eigenvalue weighted by Crippen LogP contribution is -2.44. The van der Waals surface area contributed by atoms with Crippen LogP contribution in [0.25, 0.3) is 11.4 Å². The molecule has 0 saturated heterocycles. The van der Waals surface area contributed by atoms with Crippen molar-refractivity contribution >= 4 is 17.5 Å². The number of benzene rings is 2. The number of aryl methyl sites for hydroxylation is 1. The number of amides is 2. The van der Waals surface area contributed by atoms with Gasteiger partial charge in [0, 0.05) is 17.3 Å². The zero-order chi connectivity index (χ0) is 24.8. The van der Waals surface area contributed by atoms with Gasteiger partial charge in [-0.25, -0.2) is 0 Å². The Morgan fingerprint density at radius 1 is 1.06 bits per heavy atom. The van der Waals surface area contributed by atoms with Crippen LogP contribution in [0.5, 0.6) is 11.5 Å². The number of carbonyl (C=O) groups excluding carboxylic acids is 2. The van der Waals surface area contributed by atoms with Gasteiger partial charge in [0.25, 0.3) is 5.91 Å². The Labute approximate surface area is 204 Å². The third-order valence-corrected chi connectivity index (χ3v) is 6.04. The van der Waals surface area contributed by atoms with Crippen LogP contribution in [0.4, 0.5) is 5.69 Å². The monoisotopic (exact) mass is 478 g/mol. The lowest BCUT2D eigenvalue weighted by molar-refractivity contribution is -0.124. The molecule has 1 N–H and O–H groups in total. The fourth-order valence-electron chi connectivity index (χ4n) is 4.14. The van der Waals surface area contributed by atoms with E-state index in [1.54, 1.807) is 32.4 Å². The molecule has 2 amide bonds. The van der Waals surface area contributed by atoms with E-state index in [0.29, 0.717) is 28.6 Å². The first-order valence-corrected chi connectivity index (χ1v) is 11.6. The highest BCUT2D eigenvalue weighted by Gasteiger charge is 2.23. The molecule has 10 nitrogen and oxygen atoms in total. The van der Waals surface area contributed by atoms with E-state index in [9.17, 15) is 9.59 Å². The highest BCUT2D eigenvalue weighted by molar-refractivity contribution is 5.98. The number of anilines is 1. The molecule has 0 radical (unpaired) electrons. The molecule has 1 heterocycles. The van der Waals surface area contributed by atoms with Crippen molar-refractivity contribution < 1.29 is 19.1 Å². The molecule has 1 fully saturated rings. The van der Waals surface area contributed by atoms with Crippen LogP contribution in [0.15, 0.2) is 42.5 Å². The largest absolute Gasteiger partial charge is 0.493 e. The maximum absolute atomic E-state index is 13.3. The van der Waals surface area contributed by atoms with Crippen LogP contribution >= 0.6 is 0 Å². The first-order valence-electron chi connectivity index (χ1n) is 11.6. The van der Waals surface area contributed by atoms with E-state index in [2.05, 4.69) is 20.7 Å². The number of nitrogens with one attached hydrogen (secondary N) is 1. The number of nitrogens with zero attached hydrogens (tertiary/aromatic N) is 5. The summed E-state index contributed by atoms with van der Waals surface area (Å²) in [6.07, 6.45) is 4.19. The first kappa shape index (κ1) is 24.2. The number of methoxy groups -OCH3 is 2. The van der Waals surface area contributed by atoms with Crippen LogP contribution in [0.2, 0.25) is 0 Å². The molecule has 35 heavy (non-hydrogen) atoms. The van der Waals surface area contributed by atoms with Crippen LogP contribution in [0.1, 0.15) is 31.2 Å². The maximum atomic E-state index is 13.3. The molecule has 0 atom stereocenters. The van der Waals surface area contributed by atoms with Crippen LogP contribution < -0.4 is 19.7 Å². The van der Waals surface area contributed by atoms with Crippen molar-refractivity contribution in [3.05, 3.63) is 48.0 Å². The van der Waals surface area contributed by atoms with Gasteiger partial charge < -0.3 is 19.7 Å². The molecule has 2 aromatic carbocycles. The molecule has 1 aromatic heterocycles. The van der Waals surface area contributed by atoms with Crippen LogP contribution in [0, 0.1) is 6.92 Å². The average molecular weight is 479 g/mol. The Bertz CT molecular complexity index is 1170. The van der Waals surface area contributed by atoms with Gasteiger partial charge >= 0.3 is 0 Å². The van der Waals surface area contributed by atoms with Gasteiger partial charge in [-0.2, -0.15) is 4.80 Å². The van der Waals surface area contributed by atoms with E-state index >= 15 is 0 Å². The summed E-state index contributed by atoms with van der Waals surface area (Å²) in [5.74, 6) is 0.981. The van der Waals surface area contributed by atoms with Crippen molar-refractivity contribution in [2.75, 3.05) is 25.7 Å². The van der Waals surface area contributed by atoms with E-state index < -0.39 is 0 Å². The molecular formula is C25H30N6O4. The second-order valence-electron chi connectivity index (χ2n) is 8.58. The van der Waals surface area contributed by atoms with E-state index in [-0.39, 0.29) is 30.9 Å². The van der Waals surface area contributed by atoms with E-state index in [0.717, 1.165) is 31.2 Å². The Kier molecular flexibility index (Phi) is 7.59. The molecule has 3 aromatic rings. The summed E-state index contributed by atoms with van der Waals surface area (Å²) >= 11 is 0. The summed E-state index contributed by atoms with van der Waals surface area (Å²) in [7, 11) is 3.11. The minimum Gasteiger partial charge on any atom is -0.493 e. The summed E-state index contributed by atoms with van der Waals surface area (Å²) in [5.41, 5.74) is 2.38. The molecular weight excluding hydrogens is 448 g/mol. The number of hydrogen-bond acceptors (Lipinski definition) is 7. The number of carbonyl (C=O) groups is 2. The molecule has 10 heteroatoms. The zero-order valence-corrected chi connectivity index (χ0v) is 20.2. The number of hydrogen-bond donors (Lipinski definition) is 1. The molecule has 0 aliphatic heterocycles. The minimum absolute atomic E-state index is 0.0738. The second kappa shape index (κ2) is 11.0. The fourth-order valence-corrected chi connectivity index (χ4v) is 4.14. The van der Waals surface area contributed by atoms with Gasteiger partial charge in [0.15, 0.2) is 11.5 Å². The van der Waals surface area contributed by atoms with Crippen molar-refractivity contribution in [1.82, 2.24) is 25.5 Å². The highest BCUT2D eigenvalue weighted by atomic mass is 16.5. The van der Waals surface area contributed by atoms with Crippen molar-refractivity contribution in [3.63, 3.8) is 0 Å². The van der Waals surface area contributed by atoms with Crippen molar-refractivity contribution in [3.8, 4) is 22.9 Å². The van der Waals surface area contributed by atoms with Gasteiger partial charge in [0.2, 0.25) is 11.7 Å². The predicted octanol–water partition coefficient (Wildman–Crippen LogP) is 2.76. The van der Waals surface area contributed by atoms with Gasteiger partial charge in [0.1, 0.15) is 13.1 Å². The van der Waals surface area contributed by atoms with Crippen molar-refractivity contribution in [2.45, 2.75) is 45.2 Å². The Hall–Kier alpha value is -3.95. The molecule has 0 unspecified atom stereocenters. The van der Waals surface area contributed by atoms with Gasteiger partial charge in [-0.05, 0) is 55.3 Å². The van der Waals surface area contributed by atoms with Gasteiger partial charge in [0.05, 0.1) is 14.2 Å². The predicted molar refractivity (Wildman–Crippen MR) is 130 cm³/mol. The van der Waals surface area contributed by atoms with Gasteiger partial charge in [-0.15, -0.1) is 10.2 Å². The normalized spacial score (nSPS) is 13.5. The maximum Gasteiger partial charge on any atom is 0.251 e. The summed E-state index contributed by atoms with van der Waals surface area (Å²) in [5, 5.41) is 15.5. The highest BCUT2D eigenvalue weighted by Crippen LogP contribution is 2.30. The molecule has 184 valence electrons. The van der Waals surface area contributed by atoms with Crippen LogP contribution in [-0.4, -0.2) is 58.8 Å². The molecule has 0 spiro atoms. The number of rotatable bonds is 9. The topological polar surface area (TPSA) is 111 Å². The summed E-state index contributed by atoms with van der Waals surface area (Å²) < 4.78 is 10.6. The van der Waals surface area contributed by atoms with Crippen molar-refractivity contribution in [2.24, 2.45) is 0 Å². The van der Waals surface area contributed by atoms with Gasteiger partial charge in [-0.1, -0.05) is 30.5 Å². The minimum atomic E-state index is -0.313. The Morgan fingerprint density at radius 3 is 2.46 bits per heavy atom. The standard InChI is InChI=1S/C25H30N6O4/c1-17-8-11-20(12-9-17)30(15-23(32)26-19-6-4-5-7-19)24(33)16-31-28-25(27-29-31)18-10-13-21(34-2)22(14-18)35-3/h8-14,19H,4-7,15-16H2,1-3H3,(H,26,32). The number of ether oxygens (including phenoxy) is 2. The van der Waals surface area contributed by atoms with Crippen LogP contribution in [-0.2, 0) is 16.1 Å². The summed E-state index contributed by atoms with van der Waals surface area (Å²) in [6.45, 7) is 1.73. The summed E-state index contributed by atoms with van der Waals surface area (Å²) in [4.78, 5) is 28.7. The Morgan fingerprint density at radius 2 is 1.77 bits per heavy atom. The second-order valence-corrected chi connectivity index (χ2v) is 8.58. The lowest BCUT2D eigenvalue weighted by atomic mass is 10.2. The molecule has 4 rings (SSSR count). The van der Waals surface area contributed by atoms with Gasteiger partial charge in [-0.3, -0.25) is 9.59 Å². The zero-order valence-electron chi connectivity index (χ0n) is 20.2. The van der Waals surface area contributed by atoms with Crippen molar-refractivity contribution in [1.29, 1.82) is 0 Å². The van der Waals surface area contributed by atoms with E-state index in [4.69, 9.17) is 9.47 Å². The smallest absolute Gasteiger partial charge is 0.251 e. The SMILES string of the molecule is COc1ccc(-c2nnn(CC(=O)N(CC(=O)NC3CCCC3)c3ccc(C)cc3)n2)cc1OC. The molecule has 1 saturated carbocycles. The fraction of sp³-hybridized carbons (Fsp3) is 0.400. The first-order chi connectivity index (χ1) is 17.0. The number of aromatic nitrogens is 4. The third kappa shape index (κ3) is 5.95. The third-order valence-electron chi connectivity index (χ3n) is 6.04. The quantitative estimate of drug-likeness (QED) is 0.503. The van der Waals surface area contributed by atoms with E-state index in [1.807, 2.05) is 31.2 Å². The molecule has 1 aliphatic carbocycles. The molecule has 1 aliphatic rings. The van der Waals surface area contributed by atoms with Crippen LogP contribution in [0.3, 0.4) is 0 Å².